The Hall–Kier alpha value is -3.60. The van der Waals surface area contributed by atoms with E-state index in [1.807, 2.05) is 19.1 Å². The molecule has 11 heteroatoms. The Balaban J connectivity index is 1.55. The number of benzene rings is 1. The second kappa shape index (κ2) is 9.94. The van der Waals surface area contributed by atoms with Crippen LogP contribution in [0.4, 0.5) is 21.6 Å². The number of nitrogens with zero attached hydrogens (tertiary/aromatic N) is 2. The number of oxazole rings is 1. The van der Waals surface area contributed by atoms with Gasteiger partial charge >= 0.3 is 12.0 Å². The van der Waals surface area contributed by atoms with Crippen molar-refractivity contribution in [1.82, 2.24) is 9.97 Å². The van der Waals surface area contributed by atoms with Crippen molar-refractivity contribution in [2.75, 3.05) is 22.6 Å². The number of nitrogens with one attached hydrogen (secondary N) is 3. The zero-order valence-corrected chi connectivity index (χ0v) is 18.1. The van der Waals surface area contributed by atoms with Gasteiger partial charge in [0.25, 0.3) is 6.01 Å². The van der Waals surface area contributed by atoms with E-state index in [0.717, 1.165) is 16.7 Å². The van der Waals surface area contributed by atoms with Gasteiger partial charge in [-0.05, 0) is 30.5 Å². The topological polar surface area (TPSA) is 139 Å². The number of hydrogen-bond acceptors (Lipinski definition) is 8. The van der Waals surface area contributed by atoms with Crippen molar-refractivity contribution in [1.29, 1.82) is 0 Å². The predicted octanol–water partition coefficient (Wildman–Crippen LogP) is 4.43. The molecule has 2 aromatic heterocycles. The first-order valence-electron chi connectivity index (χ1n) is 9.49. The number of rotatable bonds is 9. The number of amides is 2. The molecule has 4 N–H and O–H groups in total. The summed E-state index contributed by atoms with van der Waals surface area (Å²) in [7, 11) is 0. The van der Waals surface area contributed by atoms with Gasteiger partial charge in [-0.1, -0.05) is 31.3 Å². The first-order chi connectivity index (χ1) is 14.8. The van der Waals surface area contributed by atoms with Crippen molar-refractivity contribution >= 4 is 40.2 Å². The molecule has 0 aliphatic carbocycles. The van der Waals surface area contributed by atoms with E-state index in [2.05, 4.69) is 39.8 Å². The molecule has 0 unspecified atom stereocenters. The summed E-state index contributed by atoms with van der Waals surface area (Å²) in [5.41, 5.74) is 1.42. The van der Waals surface area contributed by atoms with Crippen LogP contribution in [0.5, 0.6) is 5.75 Å². The van der Waals surface area contributed by atoms with Crippen LogP contribution in [0.1, 0.15) is 34.8 Å². The van der Waals surface area contributed by atoms with Crippen LogP contribution in [-0.2, 0) is 6.54 Å². The number of aromatic nitrogens is 2. The molecule has 3 aromatic rings. The second-order valence-corrected chi connectivity index (χ2v) is 8.23. The third kappa shape index (κ3) is 6.44. The molecule has 3 rings (SSSR count). The lowest BCUT2D eigenvalue weighted by Gasteiger charge is -2.14. The third-order valence-electron chi connectivity index (χ3n) is 3.87. The maximum atomic E-state index is 12.4. The molecule has 0 atom stereocenters. The van der Waals surface area contributed by atoms with Crippen molar-refractivity contribution in [3.63, 3.8) is 0 Å². The zero-order chi connectivity index (χ0) is 22.4. The Labute approximate surface area is 182 Å². The summed E-state index contributed by atoms with van der Waals surface area (Å²) in [4.78, 5) is 32.0. The molecule has 0 bridgehead atoms. The minimum atomic E-state index is -1.17. The molecule has 0 spiro atoms. The van der Waals surface area contributed by atoms with E-state index in [9.17, 15) is 9.59 Å². The van der Waals surface area contributed by atoms with Crippen LogP contribution in [0.2, 0.25) is 0 Å². The summed E-state index contributed by atoms with van der Waals surface area (Å²) < 4.78 is 10.8. The Morgan fingerprint density at radius 1 is 1.29 bits per heavy atom. The fourth-order valence-electron chi connectivity index (χ4n) is 2.42. The standard InChI is InChI=1S/C20H23N5O5S/c1-11(2)9-29-16-6-12(3)4-5-14(16)23-18(28)25-20-22-8-13(31-20)7-21-19-24-15(10-30-19)17(26)27/h4-6,8,10-11H,7,9H2,1-3H3,(H,21,24)(H,26,27)(H2,22,23,25,28). The van der Waals surface area contributed by atoms with Crippen LogP contribution in [-0.4, -0.2) is 33.7 Å². The summed E-state index contributed by atoms with van der Waals surface area (Å²) in [6, 6.07) is 5.22. The zero-order valence-electron chi connectivity index (χ0n) is 17.3. The van der Waals surface area contributed by atoms with E-state index in [0.29, 0.717) is 35.6 Å². The van der Waals surface area contributed by atoms with Crippen LogP contribution < -0.4 is 20.7 Å². The monoisotopic (exact) mass is 445 g/mol. The maximum absolute atomic E-state index is 12.4. The molecule has 2 amide bonds. The molecule has 0 aliphatic heterocycles. The van der Waals surface area contributed by atoms with Gasteiger partial charge in [0.15, 0.2) is 10.8 Å². The van der Waals surface area contributed by atoms with Gasteiger partial charge in [-0.25, -0.2) is 14.6 Å². The predicted molar refractivity (Wildman–Crippen MR) is 117 cm³/mol. The SMILES string of the molecule is Cc1ccc(NC(=O)Nc2ncc(CNc3nc(C(=O)O)co3)s2)c(OCC(C)C)c1. The number of carboxylic acid groups (broad SMARTS) is 1. The Morgan fingerprint density at radius 2 is 2.10 bits per heavy atom. The molecule has 31 heavy (non-hydrogen) atoms. The number of ether oxygens (including phenoxy) is 1. The van der Waals surface area contributed by atoms with E-state index < -0.39 is 12.0 Å². The quantitative estimate of drug-likeness (QED) is 0.379. The van der Waals surface area contributed by atoms with Crippen LogP contribution in [0, 0.1) is 12.8 Å². The number of thiazole rings is 1. The molecule has 0 fully saturated rings. The largest absolute Gasteiger partial charge is 0.491 e. The van der Waals surface area contributed by atoms with Gasteiger partial charge in [0.2, 0.25) is 0 Å². The number of hydrogen-bond donors (Lipinski definition) is 4. The van der Waals surface area contributed by atoms with Gasteiger partial charge < -0.3 is 24.9 Å². The van der Waals surface area contributed by atoms with Crippen LogP contribution in [0.15, 0.2) is 35.1 Å². The molecule has 2 heterocycles. The first-order valence-corrected chi connectivity index (χ1v) is 10.3. The molecular formula is C20H23N5O5S. The molecule has 0 radical (unpaired) electrons. The van der Waals surface area contributed by atoms with E-state index in [4.69, 9.17) is 14.3 Å². The van der Waals surface area contributed by atoms with Gasteiger partial charge in [-0.15, -0.1) is 0 Å². The molecule has 1 aromatic carbocycles. The molecule has 0 saturated heterocycles. The highest BCUT2D eigenvalue weighted by molar-refractivity contribution is 7.15. The van der Waals surface area contributed by atoms with Crippen molar-refractivity contribution in [3.8, 4) is 5.75 Å². The summed E-state index contributed by atoms with van der Waals surface area (Å²) in [6.45, 7) is 6.92. The van der Waals surface area contributed by atoms with E-state index >= 15 is 0 Å². The van der Waals surface area contributed by atoms with E-state index in [1.165, 1.54) is 11.3 Å². The van der Waals surface area contributed by atoms with Gasteiger partial charge in [-0.2, -0.15) is 4.98 Å². The average Bonchev–Trinajstić information content (AvgIpc) is 3.36. The molecule has 0 saturated carbocycles. The van der Waals surface area contributed by atoms with Gasteiger partial charge in [0.05, 0.1) is 18.8 Å². The average molecular weight is 446 g/mol. The van der Waals surface area contributed by atoms with Gasteiger partial charge in [0, 0.05) is 11.1 Å². The number of carbonyl (C=O) groups excluding carboxylic acids is 1. The number of urea groups is 1. The lowest BCUT2D eigenvalue weighted by molar-refractivity contribution is 0.0690. The number of aromatic carboxylic acids is 1. The van der Waals surface area contributed by atoms with Crippen molar-refractivity contribution in [3.05, 3.63) is 46.8 Å². The summed E-state index contributed by atoms with van der Waals surface area (Å²) in [5, 5.41) is 17.6. The molecular weight excluding hydrogens is 422 g/mol. The first kappa shape index (κ1) is 22.1. The lowest BCUT2D eigenvalue weighted by Crippen LogP contribution is -2.20. The van der Waals surface area contributed by atoms with Crippen LogP contribution in [0.25, 0.3) is 0 Å². The third-order valence-corrected chi connectivity index (χ3v) is 4.78. The highest BCUT2D eigenvalue weighted by Crippen LogP contribution is 2.27. The van der Waals surface area contributed by atoms with Crippen molar-refractivity contribution < 1.29 is 23.8 Å². The van der Waals surface area contributed by atoms with Crippen molar-refractivity contribution in [2.45, 2.75) is 27.3 Å². The number of anilines is 3. The number of carboxylic acids is 1. The highest BCUT2D eigenvalue weighted by Gasteiger charge is 2.13. The molecule has 0 aliphatic rings. The van der Waals surface area contributed by atoms with E-state index in [-0.39, 0.29) is 11.7 Å². The molecule has 164 valence electrons. The number of aryl methyl sites for hydroxylation is 1. The summed E-state index contributed by atoms with van der Waals surface area (Å²) in [5.74, 6) is -0.199. The Morgan fingerprint density at radius 3 is 2.81 bits per heavy atom. The Kier molecular flexibility index (Phi) is 7.08. The van der Waals surface area contributed by atoms with Crippen molar-refractivity contribution in [2.24, 2.45) is 5.92 Å². The van der Waals surface area contributed by atoms with Crippen LogP contribution >= 0.6 is 11.3 Å². The van der Waals surface area contributed by atoms with Crippen LogP contribution in [0.3, 0.4) is 0 Å². The number of carbonyl (C=O) groups is 2. The lowest BCUT2D eigenvalue weighted by atomic mass is 10.2. The maximum Gasteiger partial charge on any atom is 0.357 e. The highest BCUT2D eigenvalue weighted by atomic mass is 32.1. The smallest absolute Gasteiger partial charge is 0.357 e. The van der Waals surface area contributed by atoms with Gasteiger partial charge in [-0.3, -0.25) is 5.32 Å². The second-order valence-electron chi connectivity index (χ2n) is 7.11. The Bertz CT molecular complexity index is 1060. The fourth-order valence-corrected chi connectivity index (χ4v) is 3.17. The normalized spacial score (nSPS) is 10.7. The minimum Gasteiger partial charge on any atom is -0.491 e. The van der Waals surface area contributed by atoms with Gasteiger partial charge in [0.1, 0.15) is 12.0 Å². The fraction of sp³-hybridized carbons (Fsp3) is 0.300. The molecule has 10 nitrogen and oxygen atoms in total. The summed E-state index contributed by atoms with van der Waals surface area (Å²) in [6.07, 6.45) is 2.65. The van der Waals surface area contributed by atoms with E-state index in [1.54, 1.807) is 12.3 Å². The summed E-state index contributed by atoms with van der Waals surface area (Å²) >= 11 is 1.26. The minimum absolute atomic E-state index is 0.0892.